The standard InChI is InChI=1S/C16H25NO/c1-13-4-3-5-15(9-6-13)17-12-14-7-10-16(18-2)11-8-14/h7-8,10-11,13,15,17H,3-6,9,12H2,1-2H3. The van der Waals surface area contributed by atoms with Gasteiger partial charge in [-0.25, -0.2) is 0 Å². The van der Waals surface area contributed by atoms with Crippen molar-refractivity contribution in [3.8, 4) is 5.75 Å². The Bertz CT molecular complexity index is 347. The molecular formula is C16H25NO. The van der Waals surface area contributed by atoms with Gasteiger partial charge in [-0.1, -0.05) is 31.9 Å². The molecule has 1 saturated carbocycles. The van der Waals surface area contributed by atoms with Crippen molar-refractivity contribution in [2.75, 3.05) is 7.11 Å². The highest BCUT2D eigenvalue weighted by Crippen LogP contribution is 2.22. The van der Waals surface area contributed by atoms with E-state index in [9.17, 15) is 0 Å². The fourth-order valence-corrected chi connectivity index (χ4v) is 2.70. The first-order chi connectivity index (χ1) is 8.78. The lowest BCUT2D eigenvalue weighted by molar-refractivity contribution is 0.414. The highest BCUT2D eigenvalue weighted by Gasteiger charge is 2.15. The summed E-state index contributed by atoms with van der Waals surface area (Å²) in [5.41, 5.74) is 1.34. The van der Waals surface area contributed by atoms with Crippen LogP contribution in [0.4, 0.5) is 0 Å². The lowest BCUT2D eigenvalue weighted by Gasteiger charge is -2.16. The van der Waals surface area contributed by atoms with E-state index in [0.717, 1.165) is 18.2 Å². The third-order valence-electron chi connectivity index (χ3n) is 4.01. The number of hydrogen-bond donors (Lipinski definition) is 1. The SMILES string of the molecule is COc1ccc(CNC2CCCC(C)CC2)cc1. The topological polar surface area (TPSA) is 21.3 Å². The average Bonchev–Trinajstić information content (AvgIpc) is 2.62. The molecule has 100 valence electrons. The number of nitrogens with one attached hydrogen (secondary N) is 1. The van der Waals surface area contributed by atoms with E-state index >= 15 is 0 Å². The molecule has 0 bridgehead atoms. The summed E-state index contributed by atoms with van der Waals surface area (Å²) in [7, 11) is 1.71. The van der Waals surface area contributed by atoms with E-state index in [4.69, 9.17) is 4.74 Å². The fraction of sp³-hybridized carbons (Fsp3) is 0.625. The molecule has 0 aliphatic heterocycles. The van der Waals surface area contributed by atoms with Gasteiger partial charge in [0.25, 0.3) is 0 Å². The third-order valence-corrected chi connectivity index (χ3v) is 4.01. The summed E-state index contributed by atoms with van der Waals surface area (Å²) in [6.45, 7) is 3.36. The predicted molar refractivity (Wildman–Crippen MR) is 75.9 cm³/mol. The average molecular weight is 247 g/mol. The number of hydrogen-bond acceptors (Lipinski definition) is 2. The number of benzene rings is 1. The zero-order valence-electron chi connectivity index (χ0n) is 11.6. The van der Waals surface area contributed by atoms with Crippen molar-refractivity contribution in [1.82, 2.24) is 5.32 Å². The van der Waals surface area contributed by atoms with E-state index in [-0.39, 0.29) is 0 Å². The zero-order valence-corrected chi connectivity index (χ0v) is 11.6. The van der Waals surface area contributed by atoms with Crippen molar-refractivity contribution in [3.63, 3.8) is 0 Å². The second-order valence-electron chi connectivity index (χ2n) is 5.54. The molecule has 2 heteroatoms. The molecule has 1 aromatic rings. The highest BCUT2D eigenvalue weighted by molar-refractivity contribution is 5.27. The first-order valence-electron chi connectivity index (χ1n) is 7.14. The van der Waals surface area contributed by atoms with Crippen LogP contribution in [-0.4, -0.2) is 13.2 Å². The van der Waals surface area contributed by atoms with Crippen molar-refractivity contribution in [3.05, 3.63) is 29.8 Å². The van der Waals surface area contributed by atoms with Gasteiger partial charge < -0.3 is 10.1 Å². The van der Waals surface area contributed by atoms with Gasteiger partial charge in [-0.15, -0.1) is 0 Å². The van der Waals surface area contributed by atoms with Crippen LogP contribution in [0.1, 0.15) is 44.6 Å². The molecule has 1 aliphatic carbocycles. The van der Waals surface area contributed by atoms with Crippen LogP contribution >= 0.6 is 0 Å². The normalized spacial score (nSPS) is 24.6. The van der Waals surface area contributed by atoms with E-state index in [0.29, 0.717) is 6.04 Å². The monoisotopic (exact) mass is 247 g/mol. The molecule has 2 rings (SSSR count). The minimum Gasteiger partial charge on any atom is -0.497 e. The molecule has 2 unspecified atom stereocenters. The summed E-state index contributed by atoms with van der Waals surface area (Å²) in [5, 5.41) is 3.70. The molecule has 2 atom stereocenters. The van der Waals surface area contributed by atoms with Gasteiger partial charge in [0.15, 0.2) is 0 Å². The van der Waals surface area contributed by atoms with E-state index in [1.54, 1.807) is 7.11 Å². The van der Waals surface area contributed by atoms with Gasteiger partial charge in [0.1, 0.15) is 5.75 Å². The summed E-state index contributed by atoms with van der Waals surface area (Å²) in [6, 6.07) is 9.06. The smallest absolute Gasteiger partial charge is 0.118 e. The van der Waals surface area contributed by atoms with Gasteiger partial charge in [0.2, 0.25) is 0 Å². The highest BCUT2D eigenvalue weighted by atomic mass is 16.5. The van der Waals surface area contributed by atoms with Crippen molar-refractivity contribution in [1.29, 1.82) is 0 Å². The summed E-state index contributed by atoms with van der Waals surface area (Å²) in [4.78, 5) is 0. The van der Waals surface area contributed by atoms with Crippen molar-refractivity contribution in [2.24, 2.45) is 5.92 Å². The van der Waals surface area contributed by atoms with Gasteiger partial charge >= 0.3 is 0 Å². The Balaban J connectivity index is 1.79. The number of rotatable bonds is 4. The summed E-state index contributed by atoms with van der Waals surface area (Å²) in [5.74, 6) is 1.85. The largest absolute Gasteiger partial charge is 0.497 e. The van der Waals surface area contributed by atoms with E-state index in [2.05, 4.69) is 24.4 Å². The maximum absolute atomic E-state index is 5.17. The second kappa shape index (κ2) is 6.79. The quantitative estimate of drug-likeness (QED) is 0.818. The maximum atomic E-state index is 5.17. The van der Waals surface area contributed by atoms with Gasteiger partial charge in [-0.3, -0.25) is 0 Å². The van der Waals surface area contributed by atoms with Crippen molar-refractivity contribution < 1.29 is 4.74 Å². The van der Waals surface area contributed by atoms with Crippen LogP contribution in [0.3, 0.4) is 0 Å². The molecule has 1 aliphatic rings. The van der Waals surface area contributed by atoms with E-state index < -0.39 is 0 Å². The molecule has 0 heterocycles. The summed E-state index contributed by atoms with van der Waals surface area (Å²) < 4.78 is 5.17. The molecule has 1 aromatic carbocycles. The third kappa shape index (κ3) is 4.02. The van der Waals surface area contributed by atoms with Crippen molar-refractivity contribution in [2.45, 2.75) is 51.6 Å². The molecule has 0 aromatic heterocycles. The second-order valence-corrected chi connectivity index (χ2v) is 5.54. The minimum atomic E-state index is 0.706. The van der Waals surface area contributed by atoms with Crippen LogP contribution in [0.5, 0.6) is 5.75 Å². The van der Waals surface area contributed by atoms with Gasteiger partial charge in [-0.2, -0.15) is 0 Å². The minimum absolute atomic E-state index is 0.706. The Morgan fingerprint density at radius 3 is 2.61 bits per heavy atom. The summed E-state index contributed by atoms with van der Waals surface area (Å²) in [6.07, 6.45) is 6.82. The molecule has 1 N–H and O–H groups in total. The van der Waals surface area contributed by atoms with Gasteiger partial charge in [0, 0.05) is 12.6 Å². The van der Waals surface area contributed by atoms with E-state index in [1.807, 2.05) is 12.1 Å². The van der Waals surface area contributed by atoms with Crippen molar-refractivity contribution >= 4 is 0 Å². The van der Waals surface area contributed by atoms with Crippen LogP contribution in [0.15, 0.2) is 24.3 Å². The molecule has 0 radical (unpaired) electrons. The van der Waals surface area contributed by atoms with Crippen LogP contribution < -0.4 is 10.1 Å². The predicted octanol–water partition coefficient (Wildman–Crippen LogP) is 3.75. The summed E-state index contributed by atoms with van der Waals surface area (Å²) >= 11 is 0. The van der Waals surface area contributed by atoms with Crippen LogP contribution in [0.25, 0.3) is 0 Å². The van der Waals surface area contributed by atoms with Gasteiger partial charge in [-0.05, 0) is 42.9 Å². The lowest BCUT2D eigenvalue weighted by atomic mass is 10.0. The molecule has 0 spiro atoms. The Labute approximate surface area is 111 Å². The first-order valence-corrected chi connectivity index (χ1v) is 7.14. The Kier molecular flexibility index (Phi) is 5.06. The van der Waals surface area contributed by atoms with E-state index in [1.165, 1.54) is 37.7 Å². The Hall–Kier alpha value is -1.02. The molecule has 0 saturated heterocycles. The van der Waals surface area contributed by atoms with Crippen LogP contribution in [-0.2, 0) is 6.54 Å². The molecule has 0 amide bonds. The number of ether oxygens (including phenoxy) is 1. The van der Waals surface area contributed by atoms with Gasteiger partial charge in [0.05, 0.1) is 7.11 Å². The fourth-order valence-electron chi connectivity index (χ4n) is 2.70. The first kappa shape index (κ1) is 13.4. The molecule has 2 nitrogen and oxygen atoms in total. The van der Waals surface area contributed by atoms with Crippen LogP contribution in [0.2, 0.25) is 0 Å². The zero-order chi connectivity index (χ0) is 12.8. The molecular weight excluding hydrogens is 222 g/mol. The Morgan fingerprint density at radius 2 is 1.89 bits per heavy atom. The lowest BCUT2D eigenvalue weighted by Crippen LogP contribution is -2.27. The maximum Gasteiger partial charge on any atom is 0.118 e. The van der Waals surface area contributed by atoms with Crippen LogP contribution in [0, 0.1) is 5.92 Å². The molecule has 18 heavy (non-hydrogen) atoms. The molecule has 1 fully saturated rings. The number of methoxy groups -OCH3 is 1. The Morgan fingerprint density at radius 1 is 1.11 bits per heavy atom.